The van der Waals surface area contributed by atoms with Gasteiger partial charge in [0.15, 0.2) is 0 Å². The maximum atomic E-state index is 12.3. The van der Waals surface area contributed by atoms with Crippen LogP contribution in [-0.4, -0.2) is 22.9 Å². The fourth-order valence-corrected chi connectivity index (χ4v) is 4.26. The molecule has 132 valence electrons. The predicted molar refractivity (Wildman–Crippen MR) is 91.8 cm³/mol. The number of carbonyl (C=O) groups is 3. The number of hydrogen-bond donors (Lipinski definition) is 3. The molecule has 1 aromatic heterocycles. The van der Waals surface area contributed by atoms with Crippen LogP contribution in [0, 0.1) is 11.3 Å². The Morgan fingerprint density at radius 3 is 2.67 bits per heavy atom. The summed E-state index contributed by atoms with van der Waals surface area (Å²) in [5.74, 6) is -1.02. The predicted octanol–water partition coefficient (Wildman–Crippen LogP) is 2.52. The molecule has 0 radical (unpaired) electrons. The van der Waals surface area contributed by atoms with E-state index in [-0.39, 0.29) is 18.7 Å². The lowest BCUT2D eigenvalue weighted by Crippen LogP contribution is -2.43. The number of amides is 2. The molecule has 24 heavy (non-hydrogen) atoms. The van der Waals surface area contributed by atoms with Gasteiger partial charge in [-0.05, 0) is 36.2 Å². The Labute approximate surface area is 145 Å². The van der Waals surface area contributed by atoms with E-state index in [1.165, 1.54) is 4.88 Å². The zero-order valence-corrected chi connectivity index (χ0v) is 15.1. The van der Waals surface area contributed by atoms with E-state index in [0.717, 1.165) is 24.8 Å². The summed E-state index contributed by atoms with van der Waals surface area (Å²) in [7, 11) is 0. The highest BCUT2D eigenvalue weighted by molar-refractivity contribution is 7.10. The summed E-state index contributed by atoms with van der Waals surface area (Å²) in [6.45, 7) is 5.62. The maximum absolute atomic E-state index is 12.3. The van der Waals surface area contributed by atoms with Gasteiger partial charge in [0.05, 0.1) is 12.0 Å². The summed E-state index contributed by atoms with van der Waals surface area (Å²) in [6, 6.07) is 0. The van der Waals surface area contributed by atoms with Crippen LogP contribution in [0.15, 0.2) is 5.38 Å². The minimum atomic E-state index is -0.948. The van der Waals surface area contributed by atoms with Crippen LogP contribution < -0.4 is 10.9 Å². The molecule has 1 atom stereocenters. The molecule has 0 saturated heterocycles. The molecule has 6 nitrogen and oxygen atoms in total. The van der Waals surface area contributed by atoms with Crippen molar-refractivity contribution in [1.29, 1.82) is 0 Å². The maximum Gasteiger partial charge on any atom is 0.303 e. The third-order valence-corrected chi connectivity index (χ3v) is 5.28. The molecule has 2 rings (SSSR count). The largest absolute Gasteiger partial charge is 0.481 e. The molecular weight excluding hydrogens is 328 g/mol. The summed E-state index contributed by atoms with van der Waals surface area (Å²) in [4.78, 5) is 36.3. The highest BCUT2D eigenvalue weighted by Gasteiger charge is 2.26. The Kier molecular flexibility index (Phi) is 5.64. The first-order valence-electron chi connectivity index (χ1n) is 8.08. The molecule has 0 aromatic carbocycles. The van der Waals surface area contributed by atoms with Gasteiger partial charge in [-0.25, -0.2) is 0 Å². The average Bonchev–Trinajstić information content (AvgIpc) is 2.85. The molecule has 1 aliphatic carbocycles. The molecule has 3 N–H and O–H groups in total. The lowest BCUT2D eigenvalue weighted by molar-refractivity contribution is -0.139. The van der Waals surface area contributed by atoms with Gasteiger partial charge in [-0.2, -0.15) is 0 Å². The second kappa shape index (κ2) is 7.34. The minimum absolute atomic E-state index is 0.0266. The summed E-state index contributed by atoms with van der Waals surface area (Å²) in [5.41, 5.74) is 5.89. The first-order valence-corrected chi connectivity index (χ1v) is 8.96. The summed E-state index contributed by atoms with van der Waals surface area (Å²) < 4.78 is 0. The van der Waals surface area contributed by atoms with Gasteiger partial charge in [0.2, 0.25) is 5.91 Å². The fraction of sp³-hybridized carbons (Fsp3) is 0.588. The van der Waals surface area contributed by atoms with E-state index >= 15 is 0 Å². The Morgan fingerprint density at radius 1 is 1.29 bits per heavy atom. The Balaban J connectivity index is 1.90. The van der Waals surface area contributed by atoms with E-state index in [1.807, 2.05) is 5.38 Å². The van der Waals surface area contributed by atoms with Crippen LogP contribution in [0.5, 0.6) is 0 Å². The number of carboxylic acids is 1. The van der Waals surface area contributed by atoms with Crippen LogP contribution in [0.1, 0.15) is 60.8 Å². The number of aliphatic carboxylic acids is 1. The van der Waals surface area contributed by atoms with Crippen molar-refractivity contribution >= 4 is 29.1 Å². The highest BCUT2D eigenvalue weighted by atomic mass is 32.1. The molecule has 0 fully saturated rings. The van der Waals surface area contributed by atoms with Gasteiger partial charge in [-0.3, -0.25) is 25.2 Å². The minimum Gasteiger partial charge on any atom is -0.481 e. The number of carboxylic acid groups (broad SMARTS) is 1. The monoisotopic (exact) mass is 352 g/mol. The van der Waals surface area contributed by atoms with Crippen molar-refractivity contribution in [3.05, 3.63) is 21.4 Å². The van der Waals surface area contributed by atoms with E-state index in [2.05, 4.69) is 17.8 Å². The van der Waals surface area contributed by atoms with Gasteiger partial charge < -0.3 is 5.11 Å². The number of rotatable bonds is 5. The Hall–Kier alpha value is -1.89. The summed E-state index contributed by atoms with van der Waals surface area (Å²) >= 11 is 1.60. The van der Waals surface area contributed by atoms with Crippen LogP contribution in [0.3, 0.4) is 0 Å². The van der Waals surface area contributed by atoms with Gasteiger partial charge in [-0.1, -0.05) is 20.8 Å². The smallest absolute Gasteiger partial charge is 0.303 e. The van der Waals surface area contributed by atoms with Gasteiger partial charge in [-0.15, -0.1) is 11.3 Å². The third kappa shape index (κ3) is 4.80. The van der Waals surface area contributed by atoms with E-state index in [9.17, 15) is 14.4 Å². The van der Waals surface area contributed by atoms with Crippen molar-refractivity contribution in [2.24, 2.45) is 11.3 Å². The quantitative estimate of drug-likeness (QED) is 0.710. The van der Waals surface area contributed by atoms with E-state index in [0.29, 0.717) is 11.5 Å². The van der Waals surface area contributed by atoms with Crippen molar-refractivity contribution in [3.63, 3.8) is 0 Å². The van der Waals surface area contributed by atoms with Gasteiger partial charge >= 0.3 is 5.97 Å². The van der Waals surface area contributed by atoms with Crippen molar-refractivity contribution < 1.29 is 19.5 Å². The normalized spacial score (nSPS) is 17.0. The number of hydrazine groups is 1. The zero-order valence-electron chi connectivity index (χ0n) is 14.3. The van der Waals surface area contributed by atoms with Gasteiger partial charge in [0.1, 0.15) is 0 Å². The van der Waals surface area contributed by atoms with Crippen molar-refractivity contribution in [2.45, 2.75) is 52.9 Å². The topological polar surface area (TPSA) is 95.5 Å². The molecule has 1 aromatic rings. The number of thiophene rings is 1. The lowest BCUT2D eigenvalue weighted by atomic mass is 9.85. The molecule has 7 heteroatoms. The van der Waals surface area contributed by atoms with Crippen molar-refractivity contribution in [1.82, 2.24) is 10.9 Å². The molecule has 0 spiro atoms. The molecule has 1 heterocycles. The highest BCUT2D eigenvalue weighted by Crippen LogP contribution is 2.32. The number of hydrogen-bond acceptors (Lipinski definition) is 4. The summed E-state index contributed by atoms with van der Waals surface area (Å²) in [6.07, 6.45) is 2.88. The van der Waals surface area contributed by atoms with E-state index in [4.69, 9.17) is 5.11 Å². The average molecular weight is 352 g/mol. The van der Waals surface area contributed by atoms with Crippen LogP contribution in [0.25, 0.3) is 0 Å². The van der Waals surface area contributed by atoms with Crippen LogP contribution in [0.2, 0.25) is 0 Å². The second-order valence-electron chi connectivity index (χ2n) is 7.31. The molecule has 0 bridgehead atoms. The van der Waals surface area contributed by atoms with Crippen molar-refractivity contribution in [3.8, 4) is 0 Å². The number of carbonyl (C=O) groups excluding carboxylic acids is 2. The molecule has 2 amide bonds. The van der Waals surface area contributed by atoms with Crippen LogP contribution >= 0.6 is 11.3 Å². The number of nitrogens with one attached hydrogen (secondary N) is 2. The van der Waals surface area contributed by atoms with Crippen LogP contribution in [-0.2, 0) is 22.4 Å². The molecular formula is C17H24N2O4S. The van der Waals surface area contributed by atoms with E-state index < -0.39 is 17.3 Å². The third-order valence-electron chi connectivity index (χ3n) is 4.23. The zero-order chi connectivity index (χ0) is 17.9. The molecule has 1 aliphatic rings. The molecule has 0 aliphatic heterocycles. The van der Waals surface area contributed by atoms with Crippen LogP contribution in [0.4, 0.5) is 0 Å². The lowest BCUT2D eigenvalue weighted by Gasteiger charge is -2.21. The first-order chi connectivity index (χ1) is 11.2. The van der Waals surface area contributed by atoms with Crippen molar-refractivity contribution in [2.75, 3.05) is 0 Å². The van der Waals surface area contributed by atoms with Gasteiger partial charge in [0, 0.05) is 16.7 Å². The number of fused-ring (bicyclic) bond motifs is 1. The summed E-state index contributed by atoms with van der Waals surface area (Å²) in [5, 5.41) is 10.7. The van der Waals surface area contributed by atoms with Gasteiger partial charge in [0.25, 0.3) is 5.91 Å². The second-order valence-corrected chi connectivity index (χ2v) is 8.28. The SMILES string of the molecule is CC1CCc2c(C(=O)NNC(=O)CC(C)(C)CC(=O)O)csc2C1. The van der Waals surface area contributed by atoms with E-state index in [1.54, 1.807) is 25.2 Å². The molecule has 1 unspecified atom stereocenters. The first kappa shape index (κ1) is 18.4. The fourth-order valence-electron chi connectivity index (χ4n) is 3.01. The Bertz CT molecular complexity index is 651. The standard InChI is InChI=1S/C17H24N2O4S/c1-10-4-5-11-12(9-24-13(11)6-10)16(23)19-18-14(20)7-17(2,3)8-15(21)22/h9-10H,4-8H2,1-3H3,(H,18,20)(H,19,23)(H,21,22). The Morgan fingerprint density at radius 2 is 2.00 bits per heavy atom. The molecule has 0 saturated carbocycles.